The quantitative estimate of drug-likeness (QED) is 0.151. The predicted molar refractivity (Wildman–Crippen MR) is 243 cm³/mol. The van der Waals surface area contributed by atoms with Crippen LogP contribution in [-0.2, 0) is 0 Å². The van der Waals surface area contributed by atoms with Gasteiger partial charge in [-0.2, -0.15) is 0 Å². The second-order valence-corrected chi connectivity index (χ2v) is 14.5. The van der Waals surface area contributed by atoms with Crippen LogP contribution in [0.2, 0.25) is 0 Å². The predicted octanol–water partition coefficient (Wildman–Crippen LogP) is 15.8. The number of benzene rings is 10. The Kier molecular flexibility index (Phi) is 8.95. The molecule has 10 aromatic rings. The van der Waals surface area contributed by atoms with Crippen molar-refractivity contribution in [2.24, 2.45) is 0 Å². The van der Waals surface area contributed by atoms with E-state index in [4.69, 9.17) is 0 Å². The lowest BCUT2D eigenvalue weighted by molar-refractivity contribution is 1.30. The maximum Gasteiger partial charge on any atom is 0.0540 e. The standard InChI is InChI=1S/C56H39N/c1-3-17-40(18-4-1)45-35-38-52(54(39-45)51-28-12-11-26-49(51)41-19-5-2-6-20-41)53-29-13-14-31-56(53)57(55-32-16-24-43-22-8-10-27-50(43)55)46-36-33-44(34-37-46)48-30-15-23-42-21-7-9-25-47(42)48/h1-39H. The van der Waals surface area contributed by atoms with E-state index in [1.54, 1.807) is 0 Å². The summed E-state index contributed by atoms with van der Waals surface area (Å²) in [5.74, 6) is 0. The summed E-state index contributed by atoms with van der Waals surface area (Å²) >= 11 is 0. The summed E-state index contributed by atoms with van der Waals surface area (Å²) < 4.78 is 0. The van der Waals surface area contributed by atoms with Crippen LogP contribution in [0, 0.1) is 0 Å². The summed E-state index contributed by atoms with van der Waals surface area (Å²) in [6, 6.07) is 85.7. The van der Waals surface area contributed by atoms with Crippen molar-refractivity contribution in [2.45, 2.75) is 0 Å². The van der Waals surface area contributed by atoms with Gasteiger partial charge in [0, 0.05) is 16.6 Å². The molecule has 0 aliphatic carbocycles. The molecule has 0 heterocycles. The largest absolute Gasteiger partial charge is 0.309 e. The summed E-state index contributed by atoms with van der Waals surface area (Å²) in [5.41, 5.74) is 15.2. The van der Waals surface area contributed by atoms with Gasteiger partial charge in [0.1, 0.15) is 0 Å². The summed E-state index contributed by atoms with van der Waals surface area (Å²) in [4.78, 5) is 2.45. The highest BCUT2D eigenvalue weighted by Crippen LogP contribution is 2.47. The third-order valence-corrected chi connectivity index (χ3v) is 11.1. The number of rotatable bonds is 8. The number of anilines is 3. The van der Waals surface area contributed by atoms with Gasteiger partial charge in [0.25, 0.3) is 0 Å². The molecule has 0 amide bonds. The zero-order chi connectivity index (χ0) is 38.0. The first-order valence-corrected chi connectivity index (χ1v) is 19.6. The number of hydrogen-bond donors (Lipinski definition) is 0. The van der Waals surface area contributed by atoms with Crippen molar-refractivity contribution in [1.82, 2.24) is 0 Å². The van der Waals surface area contributed by atoms with E-state index in [2.05, 4.69) is 241 Å². The maximum absolute atomic E-state index is 2.45. The second kappa shape index (κ2) is 15.0. The van der Waals surface area contributed by atoms with Crippen LogP contribution in [0.4, 0.5) is 17.1 Å². The van der Waals surface area contributed by atoms with E-state index in [1.807, 2.05) is 0 Å². The minimum Gasteiger partial charge on any atom is -0.309 e. The van der Waals surface area contributed by atoms with Crippen molar-refractivity contribution >= 4 is 38.6 Å². The van der Waals surface area contributed by atoms with E-state index in [9.17, 15) is 0 Å². The third kappa shape index (κ3) is 6.46. The van der Waals surface area contributed by atoms with Gasteiger partial charge < -0.3 is 4.90 Å². The van der Waals surface area contributed by atoms with Gasteiger partial charge in [-0.15, -0.1) is 0 Å². The minimum atomic E-state index is 1.09. The van der Waals surface area contributed by atoms with Crippen LogP contribution in [0.5, 0.6) is 0 Å². The van der Waals surface area contributed by atoms with Gasteiger partial charge in [-0.3, -0.25) is 0 Å². The molecule has 0 N–H and O–H groups in total. The molecular weight excluding hydrogens is 687 g/mol. The average Bonchev–Trinajstić information content (AvgIpc) is 3.30. The molecule has 0 saturated heterocycles. The Morgan fingerprint density at radius 2 is 0.702 bits per heavy atom. The van der Waals surface area contributed by atoms with Crippen molar-refractivity contribution in [3.05, 3.63) is 237 Å². The van der Waals surface area contributed by atoms with E-state index in [0.717, 1.165) is 22.6 Å². The molecule has 57 heavy (non-hydrogen) atoms. The molecule has 1 nitrogen and oxygen atoms in total. The van der Waals surface area contributed by atoms with Crippen LogP contribution < -0.4 is 4.90 Å². The van der Waals surface area contributed by atoms with Gasteiger partial charge in [-0.05, 0) is 96.6 Å². The second-order valence-electron chi connectivity index (χ2n) is 14.5. The Morgan fingerprint density at radius 1 is 0.228 bits per heavy atom. The SMILES string of the molecule is c1ccc(-c2ccc(-c3ccccc3N(c3ccc(-c4cccc5ccccc45)cc3)c3cccc4ccccc34)c(-c3ccccc3-c3ccccc3)c2)cc1. The fourth-order valence-electron chi connectivity index (χ4n) is 8.37. The lowest BCUT2D eigenvalue weighted by atomic mass is 9.86. The summed E-state index contributed by atoms with van der Waals surface area (Å²) in [6.45, 7) is 0. The molecule has 0 radical (unpaired) electrons. The van der Waals surface area contributed by atoms with E-state index in [-0.39, 0.29) is 0 Å². The van der Waals surface area contributed by atoms with E-state index >= 15 is 0 Å². The van der Waals surface area contributed by atoms with Crippen LogP contribution in [0.25, 0.3) is 77.2 Å². The van der Waals surface area contributed by atoms with E-state index in [1.165, 1.54) is 71.6 Å². The Labute approximate surface area is 334 Å². The number of para-hydroxylation sites is 1. The van der Waals surface area contributed by atoms with Crippen LogP contribution in [0.3, 0.4) is 0 Å². The lowest BCUT2D eigenvalue weighted by Gasteiger charge is -2.30. The molecule has 0 bridgehead atoms. The van der Waals surface area contributed by atoms with Crippen LogP contribution in [0.15, 0.2) is 237 Å². The van der Waals surface area contributed by atoms with Crippen LogP contribution >= 0.6 is 0 Å². The van der Waals surface area contributed by atoms with Crippen molar-refractivity contribution in [2.75, 3.05) is 4.90 Å². The summed E-state index contributed by atoms with van der Waals surface area (Å²) in [6.07, 6.45) is 0. The minimum absolute atomic E-state index is 1.09. The third-order valence-electron chi connectivity index (χ3n) is 11.1. The van der Waals surface area contributed by atoms with Crippen molar-refractivity contribution < 1.29 is 0 Å². The zero-order valence-corrected chi connectivity index (χ0v) is 31.5. The molecule has 0 unspecified atom stereocenters. The molecule has 0 aliphatic rings. The van der Waals surface area contributed by atoms with Gasteiger partial charge >= 0.3 is 0 Å². The molecule has 0 spiro atoms. The number of nitrogens with zero attached hydrogens (tertiary/aromatic N) is 1. The monoisotopic (exact) mass is 725 g/mol. The first kappa shape index (κ1) is 34.0. The van der Waals surface area contributed by atoms with Crippen molar-refractivity contribution in [3.63, 3.8) is 0 Å². The Bertz CT molecular complexity index is 2990. The molecule has 0 aliphatic heterocycles. The van der Waals surface area contributed by atoms with Gasteiger partial charge in [0.05, 0.1) is 11.4 Å². The molecule has 0 atom stereocenters. The molecule has 10 rings (SSSR count). The summed E-state index contributed by atoms with van der Waals surface area (Å²) in [7, 11) is 0. The Morgan fingerprint density at radius 3 is 1.46 bits per heavy atom. The highest BCUT2D eigenvalue weighted by atomic mass is 15.1. The topological polar surface area (TPSA) is 3.24 Å². The van der Waals surface area contributed by atoms with Gasteiger partial charge in [0.2, 0.25) is 0 Å². The molecule has 268 valence electrons. The Hall–Kier alpha value is -7.48. The lowest BCUT2D eigenvalue weighted by Crippen LogP contribution is -2.12. The molecule has 0 aromatic heterocycles. The van der Waals surface area contributed by atoms with E-state index < -0.39 is 0 Å². The Balaban J connectivity index is 1.20. The highest BCUT2D eigenvalue weighted by Gasteiger charge is 2.22. The smallest absolute Gasteiger partial charge is 0.0540 e. The number of fused-ring (bicyclic) bond motifs is 2. The zero-order valence-electron chi connectivity index (χ0n) is 31.5. The fourth-order valence-corrected chi connectivity index (χ4v) is 8.37. The van der Waals surface area contributed by atoms with Crippen LogP contribution in [0.1, 0.15) is 0 Å². The molecule has 0 saturated carbocycles. The molecular formula is C56H39N. The van der Waals surface area contributed by atoms with Crippen LogP contribution in [-0.4, -0.2) is 0 Å². The normalized spacial score (nSPS) is 11.2. The van der Waals surface area contributed by atoms with Gasteiger partial charge in [-0.1, -0.05) is 206 Å². The maximum atomic E-state index is 2.45. The van der Waals surface area contributed by atoms with Gasteiger partial charge in [0.15, 0.2) is 0 Å². The molecule has 10 aromatic carbocycles. The first-order valence-electron chi connectivity index (χ1n) is 19.6. The summed E-state index contributed by atoms with van der Waals surface area (Å²) in [5, 5.41) is 4.90. The van der Waals surface area contributed by atoms with E-state index in [0.29, 0.717) is 0 Å². The highest BCUT2D eigenvalue weighted by molar-refractivity contribution is 6.04. The van der Waals surface area contributed by atoms with Crippen molar-refractivity contribution in [1.29, 1.82) is 0 Å². The molecule has 1 heteroatoms. The number of hydrogen-bond acceptors (Lipinski definition) is 1. The average molecular weight is 726 g/mol. The van der Waals surface area contributed by atoms with Crippen molar-refractivity contribution in [3.8, 4) is 55.6 Å². The molecule has 0 fully saturated rings. The first-order chi connectivity index (χ1) is 28.3. The fraction of sp³-hybridized carbons (Fsp3) is 0. The van der Waals surface area contributed by atoms with Gasteiger partial charge in [-0.25, -0.2) is 0 Å².